The number of benzene rings is 1. The van der Waals surface area contributed by atoms with E-state index in [9.17, 15) is 18.4 Å². The van der Waals surface area contributed by atoms with E-state index in [0.717, 1.165) is 6.07 Å². The van der Waals surface area contributed by atoms with E-state index in [-0.39, 0.29) is 37.5 Å². The van der Waals surface area contributed by atoms with Crippen LogP contribution in [0.1, 0.15) is 15.9 Å². The lowest BCUT2D eigenvalue weighted by atomic mass is 10.0. The van der Waals surface area contributed by atoms with Crippen LogP contribution in [0.5, 0.6) is 0 Å². The Labute approximate surface area is 108 Å². The normalized spacial score (nSPS) is 10.3. The Morgan fingerprint density at radius 3 is 2.68 bits per heavy atom. The van der Waals surface area contributed by atoms with Crippen molar-refractivity contribution in [2.45, 2.75) is 6.42 Å². The molecule has 0 radical (unpaired) electrons. The van der Waals surface area contributed by atoms with Crippen molar-refractivity contribution in [2.24, 2.45) is 5.73 Å². The van der Waals surface area contributed by atoms with Gasteiger partial charge in [0.2, 0.25) is 0 Å². The van der Waals surface area contributed by atoms with Crippen LogP contribution in [0.25, 0.3) is 0 Å². The van der Waals surface area contributed by atoms with Crippen molar-refractivity contribution < 1.29 is 27.8 Å². The second kappa shape index (κ2) is 7.55. The Bertz CT molecular complexity index is 465. The van der Waals surface area contributed by atoms with Gasteiger partial charge in [0, 0.05) is 5.56 Å². The topological polar surface area (TPSA) is 78.6 Å². The first-order valence-electron chi connectivity index (χ1n) is 5.47. The third-order valence-electron chi connectivity index (χ3n) is 2.30. The van der Waals surface area contributed by atoms with Crippen LogP contribution < -0.4 is 5.73 Å². The molecule has 0 bridgehead atoms. The second-order valence-corrected chi connectivity index (χ2v) is 3.54. The van der Waals surface area contributed by atoms with Gasteiger partial charge in [0.25, 0.3) is 0 Å². The smallest absolute Gasteiger partial charge is 0.332 e. The molecule has 0 amide bonds. The molecule has 0 fully saturated rings. The quantitative estimate of drug-likeness (QED) is 0.346. The molecule has 7 heteroatoms. The zero-order chi connectivity index (χ0) is 14.3. The van der Waals surface area contributed by atoms with Gasteiger partial charge in [-0.2, -0.15) is 4.39 Å². The summed E-state index contributed by atoms with van der Waals surface area (Å²) in [6.45, 7) is -0.625. The van der Waals surface area contributed by atoms with Gasteiger partial charge in [-0.05, 0) is 18.6 Å². The minimum Gasteiger partial charge on any atom is -0.438 e. The SMILES string of the molecule is NCC(=O)OCOCCc1c(F)cccc1C(=O)F. The average molecular weight is 273 g/mol. The highest BCUT2D eigenvalue weighted by Crippen LogP contribution is 2.15. The summed E-state index contributed by atoms with van der Waals surface area (Å²) in [5.41, 5.74) is 4.59. The van der Waals surface area contributed by atoms with Crippen molar-refractivity contribution in [3.8, 4) is 0 Å². The molecule has 0 heterocycles. The highest BCUT2D eigenvalue weighted by Gasteiger charge is 2.14. The number of carbonyl (C=O) groups excluding carboxylic acids is 2. The Balaban J connectivity index is 2.49. The van der Waals surface area contributed by atoms with E-state index in [1.807, 2.05) is 0 Å². The van der Waals surface area contributed by atoms with Gasteiger partial charge in [-0.25, -0.2) is 4.39 Å². The lowest BCUT2D eigenvalue weighted by Gasteiger charge is -2.08. The minimum absolute atomic E-state index is 0.0160. The Hall–Kier alpha value is -1.86. The van der Waals surface area contributed by atoms with E-state index in [0.29, 0.717) is 0 Å². The van der Waals surface area contributed by atoms with Gasteiger partial charge < -0.3 is 15.2 Å². The van der Waals surface area contributed by atoms with Crippen LogP contribution in [0.2, 0.25) is 0 Å². The van der Waals surface area contributed by atoms with Crippen molar-refractivity contribution in [1.82, 2.24) is 0 Å². The number of hydrogen-bond acceptors (Lipinski definition) is 5. The van der Waals surface area contributed by atoms with Crippen LogP contribution in [0.15, 0.2) is 18.2 Å². The van der Waals surface area contributed by atoms with E-state index in [1.54, 1.807) is 0 Å². The average Bonchev–Trinajstić information content (AvgIpc) is 2.39. The Morgan fingerprint density at radius 2 is 2.05 bits per heavy atom. The Morgan fingerprint density at radius 1 is 1.32 bits per heavy atom. The van der Waals surface area contributed by atoms with Gasteiger partial charge in [-0.3, -0.25) is 9.59 Å². The fourth-order valence-electron chi connectivity index (χ4n) is 1.40. The van der Waals surface area contributed by atoms with Crippen LogP contribution in [0.4, 0.5) is 8.78 Å². The monoisotopic (exact) mass is 273 g/mol. The lowest BCUT2D eigenvalue weighted by Crippen LogP contribution is -2.18. The third-order valence-corrected chi connectivity index (χ3v) is 2.30. The molecule has 2 N–H and O–H groups in total. The summed E-state index contributed by atoms with van der Waals surface area (Å²) in [5, 5.41) is 0. The number of halogens is 2. The standard InChI is InChI=1S/C12H13F2NO4/c13-10-3-1-2-9(12(14)17)8(10)4-5-18-7-19-11(16)6-15/h1-3H,4-7,15H2. The zero-order valence-corrected chi connectivity index (χ0v) is 10.0. The molecule has 0 aliphatic rings. The summed E-state index contributed by atoms with van der Waals surface area (Å²) in [4.78, 5) is 21.3. The van der Waals surface area contributed by atoms with Gasteiger partial charge >= 0.3 is 12.0 Å². The second-order valence-electron chi connectivity index (χ2n) is 3.54. The van der Waals surface area contributed by atoms with E-state index in [2.05, 4.69) is 4.74 Å². The first-order valence-corrected chi connectivity index (χ1v) is 5.47. The van der Waals surface area contributed by atoms with Crippen LogP contribution >= 0.6 is 0 Å². The van der Waals surface area contributed by atoms with Crippen LogP contribution in [-0.2, 0) is 20.7 Å². The molecule has 104 valence electrons. The van der Waals surface area contributed by atoms with Crippen molar-refractivity contribution in [3.63, 3.8) is 0 Å². The van der Waals surface area contributed by atoms with Crippen molar-refractivity contribution >= 4 is 12.0 Å². The summed E-state index contributed by atoms with van der Waals surface area (Å²) in [5.74, 6) is -1.32. The van der Waals surface area contributed by atoms with Gasteiger partial charge in [0.1, 0.15) is 5.82 Å². The summed E-state index contributed by atoms with van der Waals surface area (Å²) in [6.07, 6.45) is -0.0160. The molecule has 1 aromatic rings. The van der Waals surface area contributed by atoms with Crippen LogP contribution in [0, 0.1) is 5.82 Å². The number of hydrogen-bond donors (Lipinski definition) is 1. The number of esters is 1. The fraction of sp³-hybridized carbons (Fsp3) is 0.333. The molecule has 0 unspecified atom stereocenters. The molecule has 0 saturated carbocycles. The number of ether oxygens (including phenoxy) is 2. The summed E-state index contributed by atoms with van der Waals surface area (Å²) >= 11 is 0. The van der Waals surface area contributed by atoms with E-state index < -0.39 is 17.8 Å². The van der Waals surface area contributed by atoms with E-state index in [1.165, 1.54) is 12.1 Å². The molecule has 0 aromatic heterocycles. The molecule has 0 spiro atoms. The maximum atomic E-state index is 13.4. The van der Waals surface area contributed by atoms with Crippen molar-refractivity contribution in [3.05, 3.63) is 35.1 Å². The van der Waals surface area contributed by atoms with Crippen molar-refractivity contribution in [1.29, 1.82) is 0 Å². The number of nitrogens with two attached hydrogens (primary N) is 1. The maximum absolute atomic E-state index is 13.4. The van der Waals surface area contributed by atoms with Gasteiger partial charge in [0.15, 0.2) is 6.79 Å². The molecule has 1 aromatic carbocycles. The molecule has 1 rings (SSSR count). The molecular formula is C12H13F2NO4. The van der Waals surface area contributed by atoms with Crippen molar-refractivity contribution in [2.75, 3.05) is 19.9 Å². The van der Waals surface area contributed by atoms with E-state index in [4.69, 9.17) is 10.5 Å². The summed E-state index contributed by atoms with van der Waals surface area (Å²) in [6, 6.07) is 1.85. The molecular weight excluding hydrogens is 260 g/mol. The summed E-state index contributed by atoms with van der Waals surface area (Å²) in [7, 11) is 0. The predicted octanol–water partition coefficient (Wildman–Crippen LogP) is 0.954. The van der Waals surface area contributed by atoms with Gasteiger partial charge in [-0.1, -0.05) is 6.07 Å². The molecule has 0 aliphatic heterocycles. The number of carbonyl (C=O) groups is 2. The van der Waals surface area contributed by atoms with Gasteiger partial charge in [0.05, 0.1) is 18.7 Å². The zero-order valence-electron chi connectivity index (χ0n) is 10.0. The lowest BCUT2D eigenvalue weighted by molar-refractivity contribution is -0.154. The first-order chi connectivity index (χ1) is 9.06. The molecule has 19 heavy (non-hydrogen) atoms. The summed E-state index contributed by atoms with van der Waals surface area (Å²) < 4.78 is 35.5. The fourth-order valence-corrected chi connectivity index (χ4v) is 1.40. The molecule has 0 atom stereocenters. The molecule has 5 nitrogen and oxygen atoms in total. The molecule has 0 aliphatic carbocycles. The highest BCUT2D eigenvalue weighted by molar-refractivity contribution is 5.90. The molecule has 0 saturated heterocycles. The largest absolute Gasteiger partial charge is 0.438 e. The maximum Gasteiger partial charge on any atom is 0.332 e. The highest BCUT2D eigenvalue weighted by atomic mass is 19.1. The third kappa shape index (κ3) is 4.72. The van der Waals surface area contributed by atoms with Gasteiger partial charge in [-0.15, -0.1) is 0 Å². The Kier molecular flexibility index (Phi) is 6.04. The predicted molar refractivity (Wildman–Crippen MR) is 61.5 cm³/mol. The minimum atomic E-state index is -1.70. The van der Waals surface area contributed by atoms with Crippen LogP contribution in [0.3, 0.4) is 0 Å². The number of rotatable bonds is 7. The van der Waals surface area contributed by atoms with Crippen LogP contribution in [-0.4, -0.2) is 32.0 Å². The first kappa shape index (κ1) is 15.2. The van der Waals surface area contributed by atoms with E-state index >= 15 is 0 Å².